The molecule has 0 bridgehead atoms. The number of hydrogen-bond donors (Lipinski definition) is 1. The van der Waals surface area contributed by atoms with Crippen molar-refractivity contribution in [2.24, 2.45) is 0 Å². The fraction of sp³-hybridized carbons (Fsp3) is 0.222. The van der Waals surface area contributed by atoms with Gasteiger partial charge in [0.05, 0.1) is 5.39 Å². The number of pyridine rings is 1. The van der Waals surface area contributed by atoms with Crippen molar-refractivity contribution >= 4 is 21.4 Å². The summed E-state index contributed by atoms with van der Waals surface area (Å²) >= 11 is 1.62. The number of aromatic amines is 1. The van der Waals surface area contributed by atoms with Crippen molar-refractivity contribution in [3.05, 3.63) is 33.1 Å². The van der Waals surface area contributed by atoms with Gasteiger partial charge < -0.3 is 4.98 Å². The molecule has 0 aliphatic carbocycles. The molecule has 12 heavy (non-hydrogen) atoms. The molecular weight excluding hydrogens is 170 g/mol. The number of rotatable bonds is 0. The van der Waals surface area contributed by atoms with Crippen LogP contribution >= 0.6 is 11.3 Å². The van der Waals surface area contributed by atoms with E-state index in [1.54, 1.807) is 11.3 Å². The van der Waals surface area contributed by atoms with Crippen LogP contribution < -0.4 is 5.56 Å². The van der Waals surface area contributed by atoms with Crippen LogP contribution in [0.2, 0.25) is 0 Å². The summed E-state index contributed by atoms with van der Waals surface area (Å²) in [6.45, 7) is 3.96. The highest BCUT2D eigenvalue weighted by atomic mass is 32.1. The summed E-state index contributed by atoms with van der Waals surface area (Å²) in [6.07, 6.45) is 0. The van der Waals surface area contributed by atoms with Gasteiger partial charge in [-0.2, -0.15) is 0 Å². The summed E-state index contributed by atoms with van der Waals surface area (Å²) in [7, 11) is 0. The minimum Gasteiger partial charge on any atom is -0.326 e. The van der Waals surface area contributed by atoms with Gasteiger partial charge in [-0.15, -0.1) is 11.3 Å². The topological polar surface area (TPSA) is 32.9 Å². The Bertz CT molecular complexity index is 481. The molecule has 0 spiro atoms. The smallest absolute Gasteiger partial charge is 0.256 e. The van der Waals surface area contributed by atoms with Crippen LogP contribution in [0.5, 0.6) is 0 Å². The minimum atomic E-state index is 0.0225. The lowest BCUT2D eigenvalue weighted by Crippen LogP contribution is -2.07. The zero-order chi connectivity index (χ0) is 8.72. The maximum absolute atomic E-state index is 11.4. The predicted molar refractivity (Wildman–Crippen MR) is 51.9 cm³/mol. The lowest BCUT2D eigenvalue weighted by molar-refractivity contribution is 1.14. The molecule has 2 aromatic rings. The molecule has 1 N–H and O–H groups in total. The molecule has 2 nitrogen and oxygen atoms in total. The largest absolute Gasteiger partial charge is 0.326 e. The van der Waals surface area contributed by atoms with Crippen molar-refractivity contribution in [2.45, 2.75) is 13.8 Å². The summed E-state index contributed by atoms with van der Waals surface area (Å²) in [4.78, 5) is 14.2. The SMILES string of the molecule is Cc1[nH]c(=O)c2ccsc2c1C. The first-order valence-electron chi connectivity index (χ1n) is 3.77. The van der Waals surface area contributed by atoms with E-state index < -0.39 is 0 Å². The molecule has 62 valence electrons. The lowest BCUT2D eigenvalue weighted by atomic mass is 10.2. The Morgan fingerprint density at radius 3 is 2.92 bits per heavy atom. The molecule has 2 rings (SSSR count). The molecule has 0 unspecified atom stereocenters. The van der Waals surface area contributed by atoms with E-state index in [1.807, 2.05) is 25.3 Å². The van der Waals surface area contributed by atoms with Crippen LogP contribution in [0.25, 0.3) is 10.1 Å². The van der Waals surface area contributed by atoms with Crippen LogP contribution in [0, 0.1) is 13.8 Å². The first-order valence-corrected chi connectivity index (χ1v) is 4.65. The first-order chi connectivity index (χ1) is 5.70. The Kier molecular flexibility index (Phi) is 1.54. The first kappa shape index (κ1) is 7.55. The quantitative estimate of drug-likeness (QED) is 0.660. The number of aromatic nitrogens is 1. The van der Waals surface area contributed by atoms with Gasteiger partial charge in [0.1, 0.15) is 0 Å². The summed E-state index contributed by atoms with van der Waals surface area (Å²) in [6, 6.07) is 1.87. The number of aryl methyl sites for hydroxylation is 2. The van der Waals surface area contributed by atoms with Crippen molar-refractivity contribution in [1.29, 1.82) is 0 Å². The van der Waals surface area contributed by atoms with E-state index in [0.717, 1.165) is 15.8 Å². The fourth-order valence-electron chi connectivity index (χ4n) is 1.28. The van der Waals surface area contributed by atoms with Crippen LogP contribution in [0.15, 0.2) is 16.2 Å². The van der Waals surface area contributed by atoms with Crippen LogP contribution in [0.1, 0.15) is 11.3 Å². The van der Waals surface area contributed by atoms with Crippen LogP contribution in [-0.4, -0.2) is 4.98 Å². The Labute approximate surface area is 73.9 Å². The van der Waals surface area contributed by atoms with E-state index in [1.165, 1.54) is 5.56 Å². The molecule has 2 aromatic heterocycles. The van der Waals surface area contributed by atoms with Gasteiger partial charge in [-0.05, 0) is 30.9 Å². The second-order valence-electron chi connectivity index (χ2n) is 2.87. The number of nitrogens with one attached hydrogen (secondary N) is 1. The highest BCUT2D eigenvalue weighted by Gasteiger charge is 2.04. The van der Waals surface area contributed by atoms with E-state index in [0.29, 0.717) is 0 Å². The van der Waals surface area contributed by atoms with Gasteiger partial charge in [0.25, 0.3) is 5.56 Å². The van der Waals surface area contributed by atoms with Gasteiger partial charge in [0, 0.05) is 10.4 Å². The Balaban J connectivity index is 3.07. The average Bonchev–Trinajstić information content (AvgIpc) is 2.48. The van der Waals surface area contributed by atoms with Gasteiger partial charge in [-0.3, -0.25) is 4.79 Å². The second kappa shape index (κ2) is 2.45. The third kappa shape index (κ3) is 0.898. The second-order valence-corrected chi connectivity index (χ2v) is 3.78. The zero-order valence-corrected chi connectivity index (χ0v) is 7.79. The van der Waals surface area contributed by atoms with E-state index >= 15 is 0 Å². The van der Waals surface area contributed by atoms with E-state index in [9.17, 15) is 4.79 Å². The van der Waals surface area contributed by atoms with Crippen molar-refractivity contribution in [3.8, 4) is 0 Å². The predicted octanol–water partition coefficient (Wildman–Crippen LogP) is 2.21. The van der Waals surface area contributed by atoms with E-state index in [4.69, 9.17) is 0 Å². The monoisotopic (exact) mass is 179 g/mol. The minimum absolute atomic E-state index is 0.0225. The van der Waals surface area contributed by atoms with Gasteiger partial charge in [-0.25, -0.2) is 0 Å². The number of H-pyrrole nitrogens is 1. The van der Waals surface area contributed by atoms with Gasteiger partial charge in [0.15, 0.2) is 0 Å². The molecule has 0 amide bonds. The molecule has 3 heteroatoms. The molecule has 0 radical (unpaired) electrons. The Morgan fingerprint density at radius 1 is 1.42 bits per heavy atom. The fourth-order valence-corrected chi connectivity index (χ4v) is 2.24. The number of fused-ring (bicyclic) bond motifs is 1. The lowest BCUT2D eigenvalue weighted by Gasteiger charge is -1.99. The molecular formula is C9H9NOS. The molecule has 0 atom stereocenters. The Morgan fingerprint density at radius 2 is 2.17 bits per heavy atom. The van der Waals surface area contributed by atoms with Crippen molar-refractivity contribution < 1.29 is 0 Å². The molecule has 0 aromatic carbocycles. The molecule has 2 heterocycles. The van der Waals surface area contributed by atoms with Crippen LogP contribution in [0.4, 0.5) is 0 Å². The van der Waals surface area contributed by atoms with Crippen LogP contribution in [-0.2, 0) is 0 Å². The molecule has 0 fully saturated rings. The molecule has 0 saturated carbocycles. The highest BCUT2D eigenvalue weighted by Crippen LogP contribution is 2.22. The summed E-state index contributed by atoms with van der Waals surface area (Å²) in [5, 5.41) is 2.76. The standard InChI is InChI=1S/C9H9NOS/c1-5-6(2)10-9(11)7-3-4-12-8(5)7/h3-4H,1-2H3,(H,10,11). The molecule has 0 aliphatic heterocycles. The number of hydrogen-bond acceptors (Lipinski definition) is 2. The Hall–Kier alpha value is -1.09. The maximum Gasteiger partial charge on any atom is 0.256 e. The highest BCUT2D eigenvalue weighted by molar-refractivity contribution is 7.17. The average molecular weight is 179 g/mol. The van der Waals surface area contributed by atoms with Crippen molar-refractivity contribution in [1.82, 2.24) is 4.98 Å². The molecule has 0 saturated heterocycles. The van der Waals surface area contributed by atoms with E-state index in [-0.39, 0.29) is 5.56 Å². The van der Waals surface area contributed by atoms with Crippen LogP contribution in [0.3, 0.4) is 0 Å². The van der Waals surface area contributed by atoms with Gasteiger partial charge >= 0.3 is 0 Å². The summed E-state index contributed by atoms with van der Waals surface area (Å²) in [5.74, 6) is 0. The third-order valence-corrected chi connectivity index (χ3v) is 3.15. The third-order valence-electron chi connectivity index (χ3n) is 2.11. The van der Waals surface area contributed by atoms with Crippen molar-refractivity contribution in [3.63, 3.8) is 0 Å². The van der Waals surface area contributed by atoms with Gasteiger partial charge in [-0.1, -0.05) is 0 Å². The van der Waals surface area contributed by atoms with E-state index in [2.05, 4.69) is 4.98 Å². The van der Waals surface area contributed by atoms with Crippen molar-refractivity contribution in [2.75, 3.05) is 0 Å². The maximum atomic E-state index is 11.4. The zero-order valence-electron chi connectivity index (χ0n) is 6.97. The number of thiophene rings is 1. The van der Waals surface area contributed by atoms with Gasteiger partial charge in [0.2, 0.25) is 0 Å². The summed E-state index contributed by atoms with van der Waals surface area (Å²) in [5.41, 5.74) is 2.17. The summed E-state index contributed by atoms with van der Waals surface area (Å²) < 4.78 is 1.11. The molecule has 0 aliphatic rings. The normalized spacial score (nSPS) is 10.8.